The van der Waals surface area contributed by atoms with Crippen molar-refractivity contribution in [1.82, 2.24) is 14.8 Å². The van der Waals surface area contributed by atoms with Crippen LogP contribution in [0.4, 0.5) is 0 Å². The molecule has 0 spiro atoms. The zero-order valence-electron chi connectivity index (χ0n) is 14.5. The van der Waals surface area contributed by atoms with Crippen molar-refractivity contribution in [2.75, 3.05) is 6.61 Å². The summed E-state index contributed by atoms with van der Waals surface area (Å²) in [5, 5.41) is 4.78. The Bertz CT molecular complexity index is 959. The smallest absolute Gasteiger partial charge is 0.341 e. The molecule has 7 heteroatoms. The highest BCUT2D eigenvalue weighted by Crippen LogP contribution is 2.16. The Morgan fingerprint density at radius 3 is 2.73 bits per heavy atom. The molecule has 0 aliphatic rings. The van der Waals surface area contributed by atoms with Crippen LogP contribution in [0.25, 0.3) is 0 Å². The first-order chi connectivity index (χ1) is 12.4. The van der Waals surface area contributed by atoms with Gasteiger partial charge in [-0.25, -0.2) is 4.79 Å². The molecular weight excluding hydrogens is 354 g/mol. The van der Waals surface area contributed by atoms with E-state index in [0.717, 1.165) is 17.0 Å². The fourth-order valence-corrected chi connectivity index (χ4v) is 2.86. The van der Waals surface area contributed by atoms with E-state index in [1.54, 1.807) is 29.9 Å². The number of hydrogen-bond donors (Lipinski definition) is 1. The van der Waals surface area contributed by atoms with Crippen molar-refractivity contribution in [2.24, 2.45) is 0 Å². The van der Waals surface area contributed by atoms with Crippen molar-refractivity contribution >= 4 is 23.4 Å². The summed E-state index contributed by atoms with van der Waals surface area (Å²) < 4.78 is 6.71. The van der Waals surface area contributed by atoms with Gasteiger partial charge in [-0.1, -0.05) is 29.8 Å². The molecule has 2 heterocycles. The monoisotopic (exact) mass is 371 g/mol. The van der Waals surface area contributed by atoms with E-state index < -0.39 is 5.97 Å². The van der Waals surface area contributed by atoms with E-state index in [-0.39, 0.29) is 18.0 Å². The van der Waals surface area contributed by atoms with Gasteiger partial charge in [0.05, 0.1) is 18.3 Å². The lowest BCUT2D eigenvalue weighted by Gasteiger charge is -2.04. The minimum Gasteiger partial charge on any atom is -0.454 e. The second-order valence-corrected chi connectivity index (χ2v) is 6.42. The first-order valence-corrected chi connectivity index (χ1v) is 8.44. The van der Waals surface area contributed by atoms with Crippen molar-refractivity contribution in [2.45, 2.75) is 20.4 Å². The minimum atomic E-state index is -0.589. The molecule has 0 bridgehead atoms. The van der Waals surface area contributed by atoms with E-state index in [2.05, 4.69) is 10.1 Å². The number of hydrogen-bond acceptors (Lipinski definition) is 4. The summed E-state index contributed by atoms with van der Waals surface area (Å²) in [6.07, 6.45) is 2.98. The van der Waals surface area contributed by atoms with Crippen molar-refractivity contribution in [3.63, 3.8) is 0 Å². The Hall–Kier alpha value is -2.86. The number of carbonyl (C=O) groups excluding carboxylic acids is 2. The molecule has 1 N–H and O–H groups in total. The van der Waals surface area contributed by atoms with Gasteiger partial charge in [0.15, 0.2) is 6.61 Å². The molecule has 26 heavy (non-hydrogen) atoms. The Labute approximate surface area is 155 Å². The number of esters is 1. The third-order valence-corrected chi connectivity index (χ3v) is 4.31. The van der Waals surface area contributed by atoms with E-state index >= 15 is 0 Å². The number of Topliss-reactive ketones (excluding diaryl/α,β-unsaturated/α-hetero) is 1. The van der Waals surface area contributed by atoms with Crippen LogP contribution >= 0.6 is 11.6 Å². The molecule has 0 saturated heterocycles. The molecule has 0 aliphatic carbocycles. The van der Waals surface area contributed by atoms with Gasteiger partial charge in [-0.05, 0) is 31.5 Å². The Morgan fingerprint density at radius 1 is 1.27 bits per heavy atom. The predicted octanol–water partition coefficient (Wildman–Crippen LogP) is 3.57. The summed E-state index contributed by atoms with van der Waals surface area (Å²) in [5.74, 6) is -0.836. The standard InChI is InChI=1S/C19H18ClN3O3/c1-12-7-16(13(2)22-12)18(24)11-26-19(25)15-8-21-23(10-15)9-14-5-3-4-6-17(14)20/h3-8,10,22H,9,11H2,1-2H3. The summed E-state index contributed by atoms with van der Waals surface area (Å²) in [6, 6.07) is 9.17. The van der Waals surface area contributed by atoms with Gasteiger partial charge in [-0.3, -0.25) is 9.48 Å². The minimum absolute atomic E-state index is 0.247. The highest BCUT2D eigenvalue weighted by molar-refractivity contribution is 6.31. The van der Waals surface area contributed by atoms with Crippen LogP contribution in [0.3, 0.4) is 0 Å². The van der Waals surface area contributed by atoms with Gasteiger partial charge in [-0.2, -0.15) is 5.10 Å². The zero-order valence-corrected chi connectivity index (χ0v) is 15.2. The maximum absolute atomic E-state index is 12.2. The van der Waals surface area contributed by atoms with Crippen LogP contribution in [0.5, 0.6) is 0 Å². The third kappa shape index (κ3) is 4.03. The highest BCUT2D eigenvalue weighted by atomic mass is 35.5. The van der Waals surface area contributed by atoms with Gasteiger partial charge in [0, 0.05) is 28.2 Å². The Kier molecular flexibility index (Phi) is 5.23. The summed E-state index contributed by atoms with van der Waals surface area (Å²) >= 11 is 6.13. The lowest BCUT2D eigenvalue weighted by atomic mass is 10.1. The number of aryl methyl sites for hydroxylation is 2. The second-order valence-electron chi connectivity index (χ2n) is 6.01. The summed E-state index contributed by atoms with van der Waals surface area (Å²) in [4.78, 5) is 27.4. The fourth-order valence-electron chi connectivity index (χ4n) is 2.66. The predicted molar refractivity (Wildman–Crippen MR) is 97.7 cm³/mol. The molecule has 0 saturated carbocycles. The van der Waals surface area contributed by atoms with Crippen LogP contribution < -0.4 is 0 Å². The fraction of sp³-hybridized carbons (Fsp3) is 0.211. The maximum Gasteiger partial charge on any atom is 0.341 e. The number of aromatic amines is 1. The summed E-state index contributed by atoms with van der Waals surface area (Å²) in [7, 11) is 0. The first kappa shape index (κ1) is 17.9. The number of benzene rings is 1. The summed E-state index contributed by atoms with van der Waals surface area (Å²) in [6.45, 7) is 3.80. The molecule has 0 unspecified atom stereocenters. The molecule has 2 aromatic heterocycles. The molecule has 0 fully saturated rings. The van der Waals surface area contributed by atoms with Crippen LogP contribution in [0.15, 0.2) is 42.7 Å². The molecule has 0 radical (unpaired) electrons. The third-order valence-electron chi connectivity index (χ3n) is 3.94. The second kappa shape index (κ2) is 7.58. The highest BCUT2D eigenvalue weighted by Gasteiger charge is 2.16. The molecule has 0 aliphatic heterocycles. The average Bonchev–Trinajstić information content (AvgIpc) is 3.20. The van der Waals surface area contributed by atoms with Gasteiger partial charge in [0.25, 0.3) is 0 Å². The molecule has 134 valence electrons. The average molecular weight is 372 g/mol. The van der Waals surface area contributed by atoms with Crippen LogP contribution in [0.1, 0.15) is 37.7 Å². The largest absolute Gasteiger partial charge is 0.454 e. The number of aromatic nitrogens is 3. The number of halogens is 1. The number of carbonyl (C=O) groups is 2. The summed E-state index contributed by atoms with van der Waals surface area (Å²) in [5.41, 5.74) is 3.36. The molecule has 0 amide bonds. The molecule has 6 nitrogen and oxygen atoms in total. The van der Waals surface area contributed by atoms with E-state index in [4.69, 9.17) is 16.3 Å². The van der Waals surface area contributed by atoms with Gasteiger partial charge < -0.3 is 9.72 Å². The molecule has 3 rings (SSSR count). The lowest BCUT2D eigenvalue weighted by molar-refractivity contribution is 0.0474. The number of nitrogens with one attached hydrogen (secondary N) is 1. The van der Waals surface area contributed by atoms with Crippen molar-refractivity contribution < 1.29 is 14.3 Å². The molecule has 0 atom stereocenters. The van der Waals surface area contributed by atoms with Gasteiger partial charge in [-0.15, -0.1) is 0 Å². The normalized spacial score (nSPS) is 10.7. The SMILES string of the molecule is Cc1cc(C(=O)COC(=O)c2cnn(Cc3ccccc3Cl)c2)c(C)[nH]1. The number of rotatable bonds is 6. The van der Waals surface area contributed by atoms with E-state index in [1.807, 2.05) is 25.1 Å². The number of ketones is 1. The van der Waals surface area contributed by atoms with E-state index in [9.17, 15) is 9.59 Å². The van der Waals surface area contributed by atoms with E-state index in [0.29, 0.717) is 17.1 Å². The number of nitrogens with zero attached hydrogens (tertiary/aromatic N) is 2. The Balaban J connectivity index is 1.60. The first-order valence-electron chi connectivity index (χ1n) is 8.06. The number of ether oxygens (including phenoxy) is 1. The maximum atomic E-state index is 12.2. The number of H-pyrrole nitrogens is 1. The van der Waals surface area contributed by atoms with Crippen LogP contribution in [-0.4, -0.2) is 33.1 Å². The lowest BCUT2D eigenvalue weighted by Crippen LogP contribution is -2.14. The van der Waals surface area contributed by atoms with Crippen molar-refractivity contribution in [1.29, 1.82) is 0 Å². The quantitative estimate of drug-likeness (QED) is 0.530. The molecule has 3 aromatic rings. The van der Waals surface area contributed by atoms with Crippen LogP contribution in [-0.2, 0) is 11.3 Å². The molecule has 1 aromatic carbocycles. The Morgan fingerprint density at radius 2 is 2.04 bits per heavy atom. The van der Waals surface area contributed by atoms with Gasteiger partial charge in [0.2, 0.25) is 5.78 Å². The van der Waals surface area contributed by atoms with E-state index in [1.165, 1.54) is 6.20 Å². The van der Waals surface area contributed by atoms with Gasteiger partial charge in [0.1, 0.15) is 0 Å². The molecular formula is C19H18ClN3O3. The van der Waals surface area contributed by atoms with Crippen molar-refractivity contribution in [3.05, 3.63) is 75.8 Å². The van der Waals surface area contributed by atoms with Crippen LogP contribution in [0, 0.1) is 13.8 Å². The topological polar surface area (TPSA) is 77.0 Å². The van der Waals surface area contributed by atoms with Gasteiger partial charge >= 0.3 is 5.97 Å². The van der Waals surface area contributed by atoms with Crippen molar-refractivity contribution in [3.8, 4) is 0 Å². The zero-order chi connectivity index (χ0) is 18.7. The van der Waals surface area contributed by atoms with Crippen LogP contribution in [0.2, 0.25) is 5.02 Å².